The van der Waals surface area contributed by atoms with Gasteiger partial charge >= 0.3 is 0 Å². The maximum atomic E-state index is 2.27. The lowest BCUT2D eigenvalue weighted by Gasteiger charge is -2.02. The molecule has 0 nitrogen and oxygen atoms in total. The number of rotatable bonds is 4. The molecule has 0 amide bonds. The quantitative estimate of drug-likeness (QED) is 0.602. The van der Waals surface area contributed by atoms with Crippen LogP contribution in [-0.4, -0.2) is 0 Å². The minimum atomic E-state index is 1.19. The maximum absolute atomic E-state index is 2.27. The van der Waals surface area contributed by atoms with Gasteiger partial charge in [0, 0.05) is 0 Å². The number of hydrogen-bond acceptors (Lipinski definition) is 0. The Morgan fingerprint density at radius 2 is 1.38 bits per heavy atom. The van der Waals surface area contributed by atoms with Crippen molar-refractivity contribution in [2.45, 2.75) is 32.1 Å². The Bertz CT molecular complexity index is 257. The van der Waals surface area contributed by atoms with Crippen LogP contribution in [0.2, 0.25) is 0 Å². The van der Waals surface area contributed by atoms with Crippen molar-refractivity contribution in [2.24, 2.45) is 0 Å². The summed E-state index contributed by atoms with van der Waals surface area (Å²) in [6.45, 7) is 0. The molecule has 0 unspecified atom stereocenters. The van der Waals surface area contributed by atoms with Crippen LogP contribution in [0.1, 0.15) is 32.1 Å². The van der Waals surface area contributed by atoms with Gasteiger partial charge in [-0.25, -0.2) is 0 Å². The van der Waals surface area contributed by atoms with Crippen molar-refractivity contribution in [3.63, 3.8) is 0 Å². The number of allylic oxidation sites excluding steroid dienone is 8. The Morgan fingerprint density at radius 1 is 0.846 bits per heavy atom. The third-order valence-electron chi connectivity index (χ3n) is 2.69. The van der Waals surface area contributed by atoms with Crippen LogP contribution >= 0.6 is 0 Å². The largest absolute Gasteiger partial charge is 0.0805 e. The van der Waals surface area contributed by atoms with Crippen molar-refractivity contribution >= 4 is 0 Å². The Morgan fingerprint density at radius 3 is 1.77 bits per heavy atom. The summed E-state index contributed by atoms with van der Waals surface area (Å²) in [4.78, 5) is 0. The number of hydrogen-bond donors (Lipinski definition) is 0. The first kappa shape index (κ1) is 8.55. The third kappa shape index (κ3) is 2.45. The van der Waals surface area contributed by atoms with Gasteiger partial charge in [-0.2, -0.15) is 0 Å². The summed E-state index contributed by atoms with van der Waals surface area (Å²) in [7, 11) is 0. The van der Waals surface area contributed by atoms with E-state index in [2.05, 4.69) is 36.5 Å². The fraction of sp³-hybridized carbons (Fsp3) is 0.385. The Hall–Kier alpha value is -1.04. The first-order valence-electron chi connectivity index (χ1n) is 5.14. The zero-order valence-corrected chi connectivity index (χ0v) is 8.00. The van der Waals surface area contributed by atoms with Gasteiger partial charge in [0.1, 0.15) is 0 Å². The van der Waals surface area contributed by atoms with Gasteiger partial charge in [-0.15, -0.1) is 0 Å². The molecule has 0 N–H and O–H groups in total. The predicted molar refractivity (Wildman–Crippen MR) is 57.5 cm³/mol. The van der Waals surface area contributed by atoms with Crippen LogP contribution in [-0.2, 0) is 0 Å². The van der Waals surface area contributed by atoms with E-state index in [-0.39, 0.29) is 0 Å². The van der Waals surface area contributed by atoms with E-state index in [1.54, 1.807) is 11.1 Å². The molecule has 0 saturated heterocycles. The second kappa shape index (κ2) is 4.27. The van der Waals surface area contributed by atoms with Crippen molar-refractivity contribution < 1.29 is 0 Å². The van der Waals surface area contributed by atoms with Crippen molar-refractivity contribution in [3.05, 3.63) is 47.6 Å². The van der Waals surface area contributed by atoms with E-state index in [0.29, 0.717) is 0 Å². The standard InChI is InChI=1S/C13H16/c1-2-7-12(6-1)10-5-11-13-8-3-4-9-13/h1-4,6,8H,5,7,9-11H2. The van der Waals surface area contributed by atoms with E-state index in [4.69, 9.17) is 0 Å². The van der Waals surface area contributed by atoms with Gasteiger partial charge in [0.25, 0.3) is 0 Å². The second-order valence-corrected chi connectivity index (χ2v) is 3.77. The van der Waals surface area contributed by atoms with E-state index in [1.165, 1.54) is 32.1 Å². The molecule has 0 heterocycles. The van der Waals surface area contributed by atoms with Crippen LogP contribution in [0.25, 0.3) is 0 Å². The van der Waals surface area contributed by atoms with Crippen molar-refractivity contribution in [2.75, 3.05) is 0 Å². The average molecular weight is 172 g/mol. The second-order valence-electron chi connectivity index (χ2n) is 3.77. The molecule has 2 rings (SSSR count). The minimum Gasteiger partial charge on any atom is -0.0805 e. The summed E-state index contributed by atoms with van der Waals surface area (Å²) in [6.07, 6.45) is 19.6. The Labute approximate surface area is 80.3 Å². The van der Waals surface area contributed by atoms with Crippen LogP contribution in [0.4, 0.5) is 0 Å². The summed E-state index contributed by atoms with van der Waals surface area (Å²) in [5.41, 5.74) is 3.21. The fourth-order valence-corrected chi connectivity index (χ4v) is 1.90. The molecule has 0 atom stereocenters. The summed E-state index contributed by atoms with van der Waals surface area (Å²) in [6, 6.07) is 0. The molecule has 0 aromatic rings. The Kier molecular flexibility index (Phi) is 2.81. The van der Waals surface area contributed by atoms with E-state index >= 15 is 0 Å². The molecule has 0 saturated carbocycles. The van der Waals surface area contributed by atoms with Crippen molar-refractivity contribution in [1.82, 2.24) is 0 Å². The summed E-state index contributed by atoms with van der Waals surface area (Å²) < 4.78 is 0. The average Bonchev–Trinajstić information content (AvgIpc) is 2.75. The zero-order valence-electron chi connectivity index (χ0n) is 8.00. The first-order valence-corrected chi connectivity index (χ1v) is 5.14. The fourth-order valence-electron chi connectivity index (χ4n) is 1.90. The topological polar surface area (TPSA) is 0 Å². The lowest BCUT2D eigenvalue weighted by Crippen LogP contribution is -1.83. The molecule has 0 heteroatoms. The van der Waals surface area contributed by atoms with Gasteiger partial charge in [0.05, 0.1) is 0 Å². The monoisotopic (exact) mass is 172 g/mol. The van der Waals surface area contributed by atoms with Crippen molar-refractivity contribution in [3.8, 4) is 0 Å². The van der Waals surface area contributed by atoms with Gasteiger partial charge in [-0.3, -0.25) is 0 Å². The summed E-state index contributed by atoms with van der Waals surface area (Å²) >= 11 is 0. The minimum absolute atomic E-state index is 1.19. The van der Waals surface area contributed by atoms with Gasteiger partial charge in [0.15, 0.2) is 0 Å². The third-order valence-corrected chi connectivity index (χ3v) is 2.69. The highest BCUT2D eigenvalue weighted by Gasteiger charge is 2.02. The molecule has 0 aromatic carbocycles. The van der Waals surface area contributed by atoms with Crippen LogP contribution < -0.4 is 0 Å². The maximum Gasteiger partial charge on any atom is -0.0133 e. The SMILES string of the molecule is C1=CCC(CCCC2=CC=CC2)=C1. The molecule has 2 aliphatic carbocycles. The lowest BCUT2D eigenvalue weighted by molar-refractivity contribution is 0.786. The molecule has 0 spiro atoms. The molecule has 0 fully saturated rings. The zero-order chi connectivity index (χ0) is 8.93. The highest BCUT2D eigenvalue weighted by atomic mass is 14.1. The molecule has 68 valence electrons. The molecule has 0 aromatic heterocycles. The summed E-state index contributed by atoms with van der Waals surface area (Å²) in [5.74, 6) is 0. The van der Waals surface area contributed by atoms with Crippen molar-refractivity contribution in [1.29, 1.82) is 0 Å². The van der Waals surface area contributed by atoms with E-state index < -0.39 is 0 Å². The van der Waals surface area contributed by atoms with Crippen LogP contribution in [0.5, 0.6) is 0 Å². The smallest absolute Gasteiger partial charge is 0.0133 e. The first-order chi connectivity index (χ1) is 6.45. The van der Waals surface area contributed by atoms with E-state index in [1.807, 2.05) is 0 Å². The highest BCUT2D eigenvalue weighted by molar-refractivity contribution is 5.24. The molecular formula is C13H16. The molecule has 0 radical (unpaired) electrons. The van der Waals surface area contributed by atoms with Gasteiger partial charge < -0.3 is 0 Å². The molecule has 13 heavy (non-hydrogen) atoms. The van der Waals surface area contributed by atoms with Gasteiger partial charge in [-0.05, 0) is 32.1 Å². The van der Waals surface area contributed by atoms with E-state index in [9.17, 15) is 0 Å². The van der Waals surface area contributed by atoms with Crippen LogP contribution in [0.15, 0.2) is 47.6 Å². The lowest BCUT2D eigenvalue weighted by atomic mass is 10.0. The van der Waals surface area contributed by atoms with Crippen LogP contribution in [0.3, 0.4) is 0 Å². The predicted octanol–water partition coefficient (Wildman–Crippen LogP) is 3.93. The molecule has 0 bridgehead atoms. The normalized spacial score (nSPS) is 19.4. The molecule has 2 aliphatic rings. The highest BCUT2D eigenvalue weighted by Crippen LogP contribution is 2.21. The molecule has 0 aliphatic heterocycles. The Balaban J connectivity index is 1.64. The van der Waals surface area contributed by atoms with Gasteiger partial charge in [-0.1, -0.05) is 47.6 Å². The van der Waals surface area contributed by atoms with E-state index in [0.717, 1.165) is 0 Å². The summed E-state index contributed by atoms with van der Waals surface area (Å²) in [5, 5.41) is 0. The molecular weight excluding hydrogens is 156 g/mol. The van der Waals surface area contributed by atoms with Crippen LogP contribution in [0, 0.1) is 0 Å². The van der Waals surface area contributed by atoms with Gasteiger partial charge in [0.2, 0.25) is 0 Å².